The maximum atomic E-state index is 12.7. The smallest absolute Gasteiger partial charge is 0.324 e. The maximum absolute atomic E-state index is 12.7. The van der Waals surface area contributed by atoms with Crippen LogP contribution in [0.5, 0.6) is 0 Å². The molecular weight excluding hydrogens is 278 g/mol. The van der Waals surface area contributed by atoms with Crippen LogP contribution in [0.15, 0.2) is 36.5 Å². The highest BCUT2D eigenvalue weighted by Crippen LogP contribution is 2.27. The highest BCUT2D eigenvalue weighted by atomic mass is 19.4. The lowest BCUT2D eigenvalue weighted by molar-refractivity contribution is -0.141. The lowest BCUT2D eigenvalue weighted by Crippen LogP contribution is -2.19. The van der Waals surface area contributed by atoms with E-state index in [0.29, 0.717) is 5.69 Å². The van der Waals surface area contributed by atoms with Gasteiger partial charge in [0.25, 0.3) is 0 Å². The largest absolute Gasteiger partial charge is 0.435 e. The molecule has 1 N–H and O–H groups in total. The monoisotopic (exact) mass is 287 g/mol. The second kappa shape index (κ2) is 5.32. The number of nitrogens with zero attached hydrogens (tertiary/aromatic N) is 2. The first-order valence-corrected chi connectivity index (χ1v) is 5.51. The molecule has 0 radical (unpaired) electrons. The van der Waals surface area contributed by atoms with Crippen LogP contribution in [-0.4, -0.2) is 15.7 Å². The van der Waals surface area contributed by atoms with Gasteiger partial charge in [-0.2, -0.15) is 18.3 Å². The summed E-state index contributed by atoms with van der Waals surface area (Å²) in [7, 11) is 0. The normalized spacial score (nSPS) is 11.4. The Morgan fingerprint density at radius 3 is 2.40 bits per heavy atom. The van der Waals surface area contributed by atoms with Crippen molar-refractivity contribution in [1.29, 1.82) is 0 Å². The summed E-state index contributed by atoms with van der Waals surface area (Å²) < 4.78 is 50.5. The average Bonchev–Trinajstić information content (AvgIpc) is 2.80. The van der Waals surface area contributed by atoms with E-state index in [1.807, 2.05) is 0 Å². The van der Waals surface area contributed by atoms with Crippen molar-refractivity contribution in [3.05, 3.63) is 48.0 Å². The summed E-state index contributed by atoms with van der Waals surface area (Å²) in [6.07, 6.45) is -3.48. The second-order valence-corrected chi connectivity index (χ2v) is 3.95. The van der Waals surface area contributed by atoms with Crippen molar-refractivity contribution in [3.63, 3.8) is 0 Å². The molecule has 1 aromatic heterocycles. The summed E-state index contributed by atoms with van der Waals surface area (Å²) in [5.41, 5.74) is -0.716. The number of carbonyl (C=O) groups is 1. The first kappa shape index (κ1) is 14.0. The van der Waals surface area contributed by atoms with Crippen LogP contribution in [-0.2, 0) is 17.5 Å². The van der Waals surface area contributed by atoms with Gasteiger partial charge in [0.1, 0.15) is 12.4 Å². The number of benzene rings is 1. The van der Waals surface area contributed by atoms with Gasteiger partial charge in [0, 0.05) is 11.9 Å². The third kappa shape index (κ3) is 3.56. The number of halogens is 4. The summed E-state index contributed by atoms with van der Waals surface area (Å²) in [5.74, 6) is -1.02. The molecule has 8 heteroatoms. The van der Waals surface area contributed by atoms with Gasteiger partial charge in [-0.15, -0.1) is 0 Å². The first-order chi connectivity index (χ1) is 9.34. The van der Waals surface area contributed by atoms with Crippen LogP contribution < -0.4 is 5.32 Å². The van der Waals surface area contributed by atoms with Gasteiger partial charge in [0.2, 0.25) is 5.91 Å². The van der Waals surface area contributed by atoms with Gasteiger partial charge in [0.15, 0.2) is 5.69 Å². The van der Waals surface area contributed by atoms with Gasteiger partial charge < -0.3 is 5.32 Å². The average molecular weight is 287 g/mol. The predicted molar refractivity (Wildman–Crippen MR) is 62.3 cm³/mol. The topological polar surface area (TPSA) is 46.9 Å². The third-order valence-corrected chi connectivity index (χ3v) is 2.36. The fourth-order valence-electron chi connectivity index (χ4n) is 1.48. The fraction of sp³-hybridized carbons (Fsp3) is 0.167. The Labute approximate surface area is 111 Å². The van der Waals surface area contributed by atoms with Crippen LogP contribution in [0.1, 0.15) is 5.69 Å². The van der Waals surface area contributed by atoms with E-state index in [9.17, 15) is 22.4 Å². The van der Waals surface area contributed by atoms with E-state index in [1.54, 1.807) is 0 Å². The molecule has 0 atom stereocenters. The highest BCUT2D eigenvalue weighted by molar-refractivity contribution is 5.90. The summed E-state index contributed by atoms with van der Waals surface area (Å²) >= 11 is 0. The molecule has 0 aliphatic carbocycles. The summed E-state index contributed by atoms with van der Waals surface area (Å²) in [6.45, 7) is -0.368. The Morgan fingerprint density at radius 1 is 1.20 bits per heavy atom. The number of amides is 1. The van der Waals surface area contributed by atoms with E-state index in [-0.39, 0.29) is 6.54 Å². The molecule has 2 rings (SSSR count). The van der Waals surface area contributed by atoms with Gasteiger partial charge in [-0.05, 0) is 30.3 Å². The third-order valence-electron chi connectivity index (χ3n) is 2.36. The van der Waals surface area contributed by atoms with Crippen molar-refractivity contribution in [2.45, 2.75) is 12.7 Å². The Balaban J connectivity index is 1.98. The minimum Gasteiger partial charge on any atom is -0.324 e. The second-order valence-electron chi connectivity index (χ2n) is 3.95. The van der Waals surface area contributed by atoms with Crippen molar-refractivity contribution >= 4 is 11.6 Å². The predicted octanol–water partition coefficient (Wildman–Crippen LogP) is 2.68. The Kier molecular flexibility index (Phi) is 3.73. The molecule has 1 aromatic carbocycles. The summed E-state index contributed by atoms with van der Waals surface area (Å²) in [4.78, 5) is 11.6. The summed E-state index contributed by atoms with van der Waals surface area (Å²) in [6, 6.07) is 5.79. The zero-order valence-electron chi connectivity index (χ0n) is 9.99. The van der Waals surface area contributed by atoms with Gasteiger partial charge >= 0.3 is 6.18 Å². The van der Waals surface area contributed by atoms with E-state index >= 15 is 0 Å². The van der Waals surface area contributed by atoms with Crippen LogP contribution in [0.25, 0.3) is 0 Å². The van der Waals surface area contributed by atoms with Crippen molar-refractivity contribution in [2.75, 3.05) is 5.32 Å². The Bertz CT molecular complexity index is 604. The number of alkyl halides is 3. The van der Waals surface area contributed by atoms with Crippen molar-refractivity contribution < 1.29 is 22.4 Å². The molecule has 0 spiro atoms. The van der Waals surface area contributed by atoms with Gasteiger partial charge in [-0.3, -0.25) is 9.48 Å². The van der Waals surface area contributed by atoms with E-state index in [0.717, 1.165) is 29.1 Å². The number of aromatic nitrogens is 2. The minimum atomic E-state index is -4.54. The van der Waals surface area contributed by atoms with Crippen LogP contribution >= 0.6 is 0 Å². The maximum Gasteiger partial charge on any atom is 0.435 e. The van der Waals surface area contributed by atoms with Gasteiger partial charge in [0.05, 0.1) is 0 Å². The molecule has 20 heavy (non-hydrogen) atoms. The molecule has 0 fully saturated rings. The fourth-order valence-corrected chi connectivity index (χ4v) is 1.48. The standard InChI is InChI=1S/C12H9F4N3O/c13-8-1-3-9(4-2-8)17-11(20)7-19-6-5-10(18-19)12(14,15)16/h1-6H,7H2,(H,17,20). The van der Waals surface area contributed by atoms with E-state index < -0.39 is 23.6 Å². The molecule has 0 bridgehead atoms. The molecule has 0 aliphatic rings. The first-order valence-electron chi connectivity index (χ1n) is 5.51. The molecule has 1 amide bonds. The molecule has 2 aromatic rings. The van der Waals surface area contributed by atoms with Crippen molar-refractivity contribution in [2.24, 2.45) is 0 Å². The summed E-state index contributed by atoms with van der Waals surface area (Å²) in [5, 5.41) is 5.67. The molecule has 0 unspecified atom stereocenters. The number of carbonyl (C=O) groups excluding carboxylic acids is 1. The van der Waals surface area contributed by atoms with Crippen molar-refractivity contribution in [1.82, 2.24) is 9.78 Å². The molecule has 0 saturated heterocycles. The number of hydrogen-bond donors (Lipinski definition) is 1. The van der Waals surface area contributed by atoms with Crippen LogP contribution in [0.3, 0.4) is 0 Å². The quantitative estimate of drug-likeness (QED) is 0.882. The molecule has 106 valence electrons. The lowest BCUT2D eigenvalue weighted by Gasteiger charge is -2.05. The van der Waals surface area contributed by atoms with Gasteiger partial charge in [-0.1, -0.05) is 0 Å². The molecular formula is C12H9F4N3O. The number of nitrogens with one attached hydrogen (secondary N) is 1. The molecule has 0 aliphatic heterocycles. The van der Waals surface area contributed by atoms with Crippen LogP contribution in [0, 0.1) is 5.82 Å². The molecule has 4 nitrogen and oxygen atoms in total. The zero-order chi connectivity index (χ0) is 14.8. The highest BCUT2D eigenvalue weighted by Gasteiger charge is 2.33. The SMILES string of the molecule is O=C(Cn1ccc(C(F)(F)F)n1)Nc1ccc(F)cc1. The van der Waals surface area contributed by atoms with Crippen LogP contribution in [0.2, 0.25) is 0 Å². The number of hydrogen-bond acceptors (Lipinski definition) is 2. The van der Waals surface area contributed by atoms with E-state index in [4.69, 9.17) is 0 Å². The van der Waals surface area contributed by atoms with E-state index in [1.165, 1.54) is 12.1 Å². The number of anilines is 1. The minimum absolute atomic E-state index is 0.347. The van der Waals surface area contributed by atoms with Gasteiger partial charge in [-0.25, -0.2) is 4.39 Å². The van der Waals surface area contributed by atoms with Crippen LogP contribution in [0.4, 0.5) is 23.2 Å². The lowest BCUT2D eigenvalue weighted by atomic mass is 10.3. The number of rotatable bonds is 3. The molecule has 0 saturated carbocycles. The van der Waals surface area contributed by atoms with Crippen molar-refractivity contribution in [3.8, 4) is 0 Å². The Morgan fingerprint density at radius 2 is 1.85 bits per heavy atom. The zero-order valence-corrected chi connectivity index (χ0v) is 9.99. The molecule has 1 heterocycles. The van der Waals surface area contributed by atoms with E-state index in [2.05, 4.69) is 10.4 Å². The Hall–Kier alpha value is -2.38.